The van der Waals surface area contributed by atoms with E-state index >= 15 is 0 Å². The van der Waals surface area contributed by atoms with Crippen LogP contribution in [-0.4, -0.2) is 34.9 Å². The minimum atomic E-state index is -0.894. The lowest BCUT2D eigenvalue weighted by atomic mass is 10.1. The average molecular weight is 728 g/mol. The number of unbranched alkanes of at least 4 members (excludes halogenated alkanes) is 8. The summed E-state index contributed by atoms with van der Waals surface area (Å²) in [5, 5.41) is 22.8. The lowest BCUT2D eigenvalue weighted by Crippen LogP contribution is -2.45. The van der Waals surface area contributed by atoms with E-state index in [9.17, 15) is 15.0 Å². The molecule has 296 valence electrons. The summed E-state index contributed by atoms with van der Waals surface area (Å²) in [7, 11) is 0. The number of hydrogen-bond acceptors (Lipinski definition) is 3. The van der Waals surface area contributed by atoms with Gasteiger partial charge in [0.2, 0.25) is 5.91 Å². The van der Waals surface area contributed by atoms with Gasteiger partial charge in [-0.1, -0.05) is 180 Å². The molecule has 0 radical (unpaired) electrons. The number of aliphatic hydroxyl groups excluding tert-OH is 2. The Morgan fingerprint density at radius 2 is 0.849 bits per heavy atom. The van der Waals surface area contributed by atoms with Crippen LogP contribution >= 0.6 is 0 Å². The van der Waals surface area contributed by atoms with Gasteiger partial charge in [0.15, 0.2) is 0 Å². The van der Waals surface area contributed by atoms with E-state index in [2.05, 4.69) is 141 Å². The molecular weight excluding hydrogens is 651 g/mol. The number of carbonyl (C=O) groups excluding carboxylic acids is 1. The van der Waals surface area contributed by atoms with E-state index in [4.69, 9.17) is 0 Å². The molecule has 0 aromatic rings. The van der Waals surface area contributed by atoms with E-state index in [0.717, 1.165) is 89.9 Å². The smallest absolute Gasteiger partial charge is 0.220 e. The molecular formula is C49H77NO3. The molecule has 2 unspecified atom stereocenters. The quantitative estimate of drug-likeness (QED) is 0.0450. The molecule has 4 nitrogen and oxygen atoms in total. The number of carbonyl (C=O) groups is 1. The van der Waals surface area contributed by atoms with Gasteiger partial charge in [0, 0.05) is 6.42 Å². The molecule has 1 amide bonds. The van der Waals surface area contributed by atoms with E-state index in [1.807, 2.05) is 6.08 Å². The molecule has 0 aliphatic carbocycles. The van der Waals surface area contributed by atoms with Gasteiger partial charge in [-0.3, -0.25) is 4.79 Å². The minimum Gasteiger partial charge on any atom is -0.394 e. The zero-order valence-electron chi connectivity index (χ0n) is 33.7. The van der Waals surface area contributed by atoms with Gasteiger partial charge in [-0.15, -0.1) is 0 Å². The summed E-state index contributed by atoms with van der Waals surface area (Å²) in [5.74, 6) is -0.141. The van der Waals surface area contributed by atoms with E-state index in [1.54, 1.807) is 6.08 Å². The van der Waals surface area contributed by atoms with E-state index in [0.29, 0.717) is 6.42 Å². The van der Waals surface area contributed by atoms with Crippen molar-refractivity contribution in [2.24, 2.45) is 0 Å². The second-order valence-electron chi connectivity index (χ2n) is 13.3. The lowest BCUT2D eigenvalue weighted by molar-refractivity contribution is -0.122. The highest BCUT2D eigenvalue weighted by Gasteiger charge is 2.17. The Hall–Kier alpha value is -3.47. The summed E-state index contributed by atoms with van der Waals surface area (Å²) in [5.41, 5.74) is 0. The number of rotatable bonds is 35. The molecule has 0 aliphatic heterocycles. The Kier molecular flexibility index (Phi) is 40.1. The third kappa shape index (κ3) is 39.6. The monoisotopic (exact) mass is 728 g/mol. The molecule has 0 spiro atoms. The van der Waals surface area contributed by atoms with Crippen molar-refractivity contribution in [3.63, 3.8) is 0 Å². The number of amides is 1. The van der Waals surface area contributed by atoms with Gasteiger partial charge < -0.3 is 15.5 Å². The first-order valence-corrected chi connectivity index (χ1v) is 20.9. The maximum Gasteiger partial charge on any atom is 0.220 e. The van der Waals surface area contributed by atoms with Crippen LogP contribution < -0.4 is 5.32 Å². The van der Waals surface area contributed by atoms with Crippen molar-refractivity contribution in [2.75, 3.05) is 6.61 Å². The molecule has 53 heavy (non-hydrogen) atoms. The zero-order chi connectivity index (χ0) is 38.6. The Morgan fingerprint density at radius 3 is 1.32 bits per heavy atom. The van der Waals surface area contributed by atoms with Crippen molar-refractivity contribution in [1.29, 1.82) is 0 Å². The van der Waals surface area contributed by atoms with Crippen LogP contribution in [0.4, 0.5) is 0 Å². The molecule has 0 saturated heterocycles. The number of allylic oxidation sites excluding steroid dienone is 21. The summed E-state index contributed by atoms with van der Waals surface area (Å²) in [6, 6.07) is -0.678. The topological polar surface area (TPSA) is 69.6 Å². The average Bonchev–Trinajstić information content (AvgIpc) is 3.16. The highest BCUT2D eigenvalue weighted by atomic mass is 16.3. The standard InChI is InChI=1S/C49H77NO3/c1-3-5-7-9-11-13-15-17-18-19-20-21-22-23-24-25-26-27-28-29-30-31-32-33-35-37-39-41-43-45-49(53)50-47(46-51)48(52)44-42-40-38-36-34-16-14-12-10-8-6-4-2/h5,7,11,13,17-18,20-21,23-24,26-27,29-30,32-34,36-37,39,42,44,47-48,51-52H,3-4,6,8-10,12,14-16,19,22,25,28,31,35,38,40-41,43,45-46H2,1-2H3,(H,50,53)/b7-5-,13-11-,18-17-,21-20-,24-23-,27-26-,30-29-,33-32-,36-34+,39-37-,44-42+. The molecule has 0 fully saturated rings. The predicted octanol–water partition coefficient (Wildman–Crippen LogP) is 13.2. The van der Waals surface area contributed by atoms with Crippen LogP contribution in [-0.2, 0) is 4.79 Å². The third-order valence-electron chi connectivity index (χ3n) is 8.37. The first-order valence-electron chi connectivity index (χ1n) is 20.9. The fourth-order valence-electron chi connectivity index (χ4n) is 5.19. The second kappa shape index (κ2) is 42.9. The van der Waals surface area contributed by atoms with Crippen molar-refractivity contribution >= 4 is 5.91 Å². The van der Waals surface area contributed by atoms with E-state index < -0.39 is 12.1 Å². The summed E-state index contributed by atoms with van der Waals surface area (Å²) in [6.07, 6.45) is 68.4. The Labute approximate surface area is 326 Å². The highest BCUT2D eigenvalue weighted by molar-refractivity contribution is 5.76. The van der Waals surface area contributed by atoms with Crippen LogP contribution in [0, 0.1) is 0 Å². The van der Waals surface area contributed by atoms with Gasteiger partial charge in [0.25, 0.3) is 0 Å². The van der Waals surface area contributed by atoms with Crippen molar-refractivity contribution in [2.45, 2.75) is 161 Å². The van der Waals surface area contributed by atoms with Crippen molar-refractivity contribution in [3.05, 3.63) is 134 Å². The van der Waals surface area contributed by atoms with Crippen molar-refractivity contribution in [3.8, 4) is 0 Å². The molecule has 0 aromatic heterocycles. The third-order valence-corrected chi connectivity index (χ3v) is 8.37. The minimum absolute atomic E-state index is 0.141. The van der Waals surface area contributed by atoms with Crippen molar-refractivity contribution in [1.82, 2.24) is 5.32 Å². The molecule has 0 heterocycles. The van der Waals surface area contributed by atoms with Crippen LogP contribution in [0.15, 0.2) is 134 Å². The molecule has 0 aromatic carbocycles. The molecule has 2 atom stereocenters. The first-order chi connectivity index (χ1) is 26.2. The van der Waals surface area contributed by atoms with Gasteiger partial charge in [-0.2, -0.15) is 0 Å². The van der Waals surface area contributed by atoms with Gasteiger partial charge in [0.1, 0.15) is 0 Å². The van der Waals surface area contributed by atoms with E-state index in [-0.39, 0.29) is 12.5 Å². The predicted molar refractivity (Wildman–Crippen MR) is 234 cm³/mol. The Bertz CT molecular complexity index is 1140. The number of nitrogens with one attached hydrogen (secondary N) is 1. The molecule has 3 N–H and O–H groups in total. The Morgan fingerprint density at radius 1 is 0.472 bits per heavy atom. The number of hydrogen-bond donors (Lipinski definition) is 3. The summed E-state index contributed by atoms with van der Waals surface area (Å²) >= 11 is 0. The summed E-state index contributed by atoms with van der Waals surface area (Å²) < 4.78 is 0. The van der Waals surface area contributed by atoms with Crippen LogP contribution in [0.25, 0.3) is 0 Å². The SMILES string of the molecule is CC/C=C\C/C=C\C/C=C\C/C=C\C/C=C\C/C=C\C/C=C\C/C=C\C/C=C\CCCC(=O)NC(CO)C(O)/C=C/CC/C=C/CCCCCCCC. The van der Waals surface area contributed by atoms with Gasteiger partial charge in [-0.25, -0.2) is 0 Å². The highest BCUT2D eigenvalue weighted by Crippen LogP contribution is 2.08. The van der Waals surface area contributed by atoms with Crippen LogP contribution in [0.1, 0.15) is 149 Å². The van der Waals surface area contributed by atoms with Crippen LogP contribution in [0.3, 0.4) is 0 Å². The maximum absolute atomic E-state index is 12.3. The largest absolute Gasteiger partial charge is 0.394 e. The summed E-state index contributed by atoms with van der Waals surface area (Å²) in [6.45, 7) is 4.11. The fourth-order valence-corrected chi connectivity index (χ4v) is 5.19. The zero-order valence-corrected chi connectivity index (χ0v) is 33.7. The maximum atomic E-state index is 12.3. The normalized spacial score (nSPS) is 14.4. The first kappa shape index (κ1) is 49.5. The van der Waals surface area contributed by atoms with Gasteiger partial charge >= 0.3 is 0 Å². The lowest BCUT2D eigenvalue weighted by Gasteiger charge is -2.19. The molecule has 0 aliphatic rings. The Balaban J connectivity index is 3.83. The second-order valence-corrected chi connectivity index (χ2v) is 13.3. The molecule has 0 rings (SSSR count). The van der Waals surface area contributed by atoms with Gasteiger partial charge in [-0.05, 0) is 96.3 Å². The van der Waals surface area contributed by atoms with Crippen LogP contribution in [0.2, 0.25) is 0 Å². The fraction of sp³-hybridized carbons (Fsp3) is 0.531. The van der Waals surface area contributed by atoms with Crippen LogP contribution in [0.5, 0.6) is 0 Å². The van der Waals surface area contributed by atoms with Crippen molar-refractivity contribution < 1.29 is 15.0 Å². The van der Waals surface area contributed by atoms with Gasteiger partial charge in [0.05, 0.1) is 18.8 Å². The molecule has 4 heteroatoms. The summed E-state index contributed by atoms with van der Waals surface area (Å²) in [4.78, 5) is 12.3. The van der Waals surface area contributed by atoms with E-state index in [1.165, 1.54) is 38.5 Å². The number of aliphatic hydroxyl groups is 2. The molecule has 0 bridgehead atoms. The molecule has 0 saturated carbocycles.